The summed E-state index contributed by atoms with van der Waals surface area (Å²) in [6, 6.07) is 20.2. The van der Waals surface area contributed by atoms with Crippen LogP contribution in [-0.4, -0.2) is 31.7 Å². The smallest absolute Gasteiger partial charge is 0.290 e. The zero-order valence-electron chi connectivity index (χ0n) is 16.6. The molecular weight excluding hydrogens is 398 g/mol. The number of nitrogens with zero attached hydrogens (tertiary/aromatic N) is 2. The van der Waals surface area contributed by atoms with Crippen molar-refractivity contribution in [1.29, 1.82) is 0 Å². The van der Waals surface area contributed by atoms with Crippen molar-refractivity contribution in [1.82, 2.24) is 4.31 Å². The van der Waals surface area contributed by atoms with Gasteiger partial charge in [-0.25, -0.2) is 8.42 Å². The minimum Gasteiger partial charge on any atom is -0.321 e. The van der Waals surface area contributed by atoms with Crippen LogP contribution in [0, 0.1) is 0 Å². The van der Waals surface area contributed by atoms with Crippen molar-refractivity contribution in [2.75, 3.05) is 18.4 Å². The Morgan fingerprint density at radius 2 is 1.57 bits per heavy atom. The van der Waals surface area contributed by atoms with E-state index in [9.17, 15) is 13.2 Å². The molecule has 0 unspecified atom stereocenters. The summed E-state index contributed by atoms with van der Waals surface area (Å²) in [5, 5.41) is 2.83. The van der Waals surface area contributed by atoms with Crippen LogP contribution in [0.4, 0.5) is 5.69 Å². The van der Waals surface area contributed by atoms with Crippen molar-refractivity contribution in [2.45, 2.75) is 24.3 Å². The normalized spacial score (nSPS) is 14.5. The monoisotopic (exact) mass is 422 g/mol. The molecule has 0 bridgehead atoms. The highest BCUT2D eigenvalue weighted by molar-refractivity contribution is 7.89. The van der Waals surface area contributed by atoms with Crippen molar-refractivity contribution < 1.29 is 17.8 Å². The molecule has 1 aliphatic heterocycles. The molecule has 0 spiro atoms. The number of nitrogens with one attached hydrogen (secondary N) is 1. The molecule has 1 fully saturated rings. The SMILES string of the molecule is O=C(C[n+]1cccc(-c2ccccc2)c1)Nc1ccc(S(=O)(=O)N2CCCC2)cc1. The Kier molecular flexibility index (Phi) is 5.92. The average Bonchev–Trinajstić information content (AvgIpc) is 3.31. The van der Waals surface area contributed by atoms with Gasteiger partial charge >= 0.3 is 0 Å². The van der Waals surface area contributed by atoms with E-state index in [1.807, 2.05) is 59.4 Å². The molecule has 1 aliphatic rings. The van der Waals surface area contributed by atoms with Crippen LogP contribution in [0.25, 0.3) is 11.1 Å². The van der Waals surface area contributed by atoms with E-state index >= 15 is 0 Å². The zero-order valence-corrected chi connectivity index (χ0v) is 17.4. The van der Waals surface area contributed by atoms with Crippen LogP contribution in [-0.2, 0) is 21.4 Å². The van der Waals surface area contributed by atoms with E-state index in [0.717, 1.165) is 24.0 Å². The van der Waals surface area contributed by atoms with Gasteiger partial charge < -0.3 is 5.32 Å². The first kappa shape index (κ1) is 20.3. The molecule has 4 rings (SSSR count). The van der Waals surface area contributed by atoms with Crippen molar-refractivity contribution in [2.24, 2.45) is 0 Å². The van der Waals surface area contributed by atoms with Crippen molar-refractivity contribution >= 4 is 21.6 Å². The van der Waals surface area contributed by atoms with Gasteiger partial charge in [0.25, 0.3) is 5.91 Å². The second kappa shape index (κ2) is 8.77. The largest absolute Gasteiger partial charge is 0.321 e. The van der Waals surface area contributed by atoms with E-state index < -0.39 is 10.0 Å². The third kappa shape index (κ3) is 4.58. The number of benzene rings is 2. The molecule has 0 atom stereocenters. The molecule has 0 saturated carbocycles. The van der Waals surface area contributed by atoms with E-state index in [-0.39, 0.29) is 17.3 Å². The van der Waals surface area contributed by atoms with Gasteiger partial charge in [0.15, 0.2) is 12.4 Å². The van der Waals surface area contributed by atoms with Gasteiger partial charge in [0.2, 0.25) is 16.6 Å². The topological polar surface area (TPSA) is 70.4 Å². The third-order valence-corrected chi connectivity index (χ3v) is 7.05. The van der Waals surface area contributed by atoms with Crippen molar-refractivity contribution in [3.63, 3.8) is 0 Å². The fourth-order valence-corrected chi connectivity index (χ4v) is 5.09. The molecule has 1 aromatic heterocycles. The van der Waals surface area contributed by atoms with E-state index in [2.05, 4.69) is 5.32 Å². The maximum absolute atomic E-state index is 12.6. The summed E-state index contributed by atoms with van der Waals surface area (Å²) >= 11 is 0. The Morgan fingerprint density at radius 3 is 2.27 bits per heavy atom. The number of anilines is 1. The van der Waals surface area contributed by atoms with Gasteiger partial charge in [-0.05, 0) is 48.7 Å². The van der Waals surface area contributed by atoms with E-state index in [0.29, 0.717) is 18.8 Å². The number of hydrogen-bond donors (Lipinski definition) is 1. The summed E-state index contributed by atoms with van der Waals surface area (Å²) in [5.74, 6) is -0.180. The number of pyridine rings is 1. The zero-order chi connectivity index (χ0) is 21.0. The minimum absolute atomic E-state index is 0.161. The van der Waals surface area contributed by atoms with Crippen molar-refractivity contribution in [3.05, 3.63) is 79.1 Å². The van der Waals surface area contributed by atoms with Gasteiger partial charge in [-0.15, -0.1) is 0 Å². The Bertz CT molecular complexity index is 1120. The van der Waals surface area contributed by atoms with Crippen LogP contribution in [0.15, 0.2) is 84.0 Å². The number of rotatable bonds is 6. The summed E-state index contributed by atoms with van der Waals surface area (Å²) in [6.45, 7) is 1.30. The molecule has 30 heavy (non-hydrogen) atoms. The first-order chi connectivity index (χ1) is 14.5. The van der Waals surface area contributed by atoms with Crippen LogP contribution in [0.2, 0.25) is 0 Å². The fourth-order valence-electron chi connectivity index (χ4n) is 3.58. The quantitative estimate of drug-likeness (QED) is 0.621. The summed E-state index contributed by atoms with van der Waals surface area (Å²) in [5.41, 5.74) is 2.68. The van der Waals surface area contributed by atoms with Gasteiger partial charge in [0, 0.05) is 30.4 Å². The molecule has 0 aliphatic carbocycles. The average molecular weight is 423 g/mol. The lowest BCUT2D eigenvalue weighted by molar-refractivity contribution is -0.683. The summed E-state index contributed by atoms with van der Waals surface area (Å²) in [4.78, 5) is 12.7. The molecule has 2 heterocycles. The Hall–Kier alpha value is -3.03. The lowest BCUT2D eigenvalue weighted by Gasteiger charge is -2.15. The van der Waals surface area contributed by atoms with E-state index in [4.69, 9.17) is 0 Å². The van der Waals surface area contributed by atoms with Crippen LogP contribution >= 0.6 is 0 Å². The lowest BCUT2D eigenvalue weighted by atomic mass is 10.1. The molecule has 2 aromatic carbocycles. The van der Waals surface area contributed by atoms with E-state index in [1.165, 1.54) is 4.31 Å². The molecule has 7 heteroatoms. The van der Waals surface area contributed by atoms with Gasteiger partial charge in [-0.3, -0.25) is 4.79 Å². The van der Waals surface area contributed by atoms with Gasteiger partial charge in [0.1, 0.15) is 0 Å². The van der Waals surface area contributed by atoms with Crippen LogP contribution in [0.5, 0.6) is 0 Å². The Balaban J connectivity index is 1.41. The Labute approximate surface area is 176 Å². The highest BCUT2D eigenvalue weighted by atomic mass is 32.2. The fraction of sp³-hybridized carbons (Fsp3) is 0.217. The van der Waals surface area contributed by atoms with Crippen LogP contribution < -0.4 is 9.88 Å². The molecule has 1 saturated heterocycles. The summed E-state index contributed by atoms with van der Waals surface area (Å²) in [7, 11) is -3.45. The molecule has 3 aromatic rings. The first-order valence-electron chi connectivity index (χ1n) is 9.97. The van der Waals surface area contributed by atoms with Gasteiger partial charge in [0.05, 0.1) is 4.90 Å². The van der Waals surface area contributed by atoms with Crippen LogP contribution in [0.3, 0.4) is 0 Å². The second-order valence-electron chi connectivity index (χ2n) is 7.31. The molecule has 6 nitrogen and oxygen atoms in total. The molecule has 1 amide bonds. The number of amides is 1. The summed E-state index contributed by atoms with van der Waals surface area (Å²) < 4.78 is 28.5. The number of aromatic nitrogens is 1. The Morgan fingerprint density at radius 1 is 0.900 bits per heavy atom. The number of sulfonamides is 1. The van der Waals surface area contributed by atoms with Crippen molar-refractivity contribution in [3.8, 4) is 11.1 Å². The molecule has 0 radical (unpaired) electrons. The minimum atomic E-state index is -3.45. The van der Waals surface area contributed by atoms with E-state index in [1.54, 1.807) is 24.3 Å². The molecular formula is C23H24N3O3S+. The number of carbonyl (C=O) groups excluding carboxylic acids is 1. The maximum Gasteiger partial charge on any atom is 0.290 e. The van der Waals surface area contributed by atoms with Gasteiger partial charge in [-0.1, -0.05) is 30.3 Å². The third-order valence-electron chi connectivity index (χ3n) is 5.13. The predicted octanol–water partition coefficient (Wildman–Crippen LogP) is 3.06. The number of carbonyl (C=O) groups is 1. The second-order valence-corrected chi connectivity index (χ2v) is 9.25. The highest BCUT2D eigenvalue weighted by Gasteiger charge is 2.27. The predicted molar refractivity (Wildman–Crippen MR) is 115 cm³/mol. The van der Waals surface area contributed by atoms with Gasteiger partial charge in [-0.2, -0.15) is 8.87 Å². The molecule has 154 valence electrons. The first-order valence-corrected chi connectivity index (χ1v) is 11.4. The lowest BCUT2D eigenvalue weighted by Crippen LogP contribution is -2.39. The van der Waals surface area contributed by atoms with Crippen LogP contribution in [0.1, 0.15) is 12.8 Å². The molecule has 1 N–H and O–H groups in total. The summed E-state index contributed by atoms with van der Waals surface area (Å²) in [6.07, 6.45) is 5.57. The number of hydrogen-bond acceptors (Lipinski definition) is 3. The standard InChI is InChI=1S/C23H23N3O3S/c27-23(18-25-14-6-9-20(17-25)19-7-2-1-3-8-19)24-21-10-12-22(13-11-21)30(28,29)26-15-4-5-16-26/h1-3,6-14,17H,4-5,15-16,18H2/p+1. The highest BCUT2D eigenvalue weighted by Crippen LogP contribution is 2.22. The maximum atomic E-state index is 12.6.